The highest BCUT2D eigenvalue weighted by atomic mass is 16.3. The van der Waals surface area contributed by atoms with Crippen molar-refractivity contribution in [3.05, 3.63) is 175 Å². The van der Waals surface area contributed by atoms with Gasteiger partial charge in [0.25, 0.3) is 0 Å². The highest BCUT2D eigenvalue weighted by Gasteiger charge is 2.02. The van der Waals surface area contributed by atoms with Crippen LogP contribution in [0.3, 0.4) is 0 Å². The van der Waals surface area contributed by atoms with Crippen molar-refractivity contribution in [1.82, 2.24) is 0 Å². The number of allylic oxidation sites excluding steroid dienone is 30. The van der Waals surface area contributed by atoms with Crippen LogP contribution in [0.15, 0.2) is 175 Å². The normalized spacial score (nSPS) is 15.4. The average Bonchev–Trinajstić information content (AvgIpc) is 3.38. The summed E-state index contributed by atoms with van der Waals surface area (Å²) in [6, 6.07) is 0. The third-order valence-electron chi connectivity index (χ3n) is 16.3. The smallest absolute Gasteiger partial charge is 0.0433 e. The van der Waals surface area contributed by atoms with Crippen LogP contribution in [0.25, 0.3) is 0 Å². The monoisotopic (exact) mass is 1110 g/mol. The fourth-order valence-corrected chi connectivity index (χ4v) is 10.1. The van der Waals surface area contributed by atoms with E-state index < -0.39 is 0 Å². The van der Waals surface area contributed by atoms with Crippen molar-refractivity contribution in [1.29, 1.82) is 0 Å². The number of aliphatic hydroxyl groups excluding tert-OH is 1. The van der Waals surface area contributed by atoms with Crippen LogP contribution in [0.5, 0.6) is 0 Å². The first-order chi connectivity index (χ1) is 38.7. The molecule has 458 valence electrons. The van der Waals surface area contributed by atoms with E-state index in [-0.39, 0.29) is 0 Å². The Labute approximate surface area is 506 Å². The van der Waals surface area contributed by atoms with Gasteiger partial charge >= 0.3 is 0 Å². The molecule has 0 amide bonds. The van der Waals surface area contributed by atoms with Gasteiger partial charge in [0, 0.05) is 6.61 Å². The molecule has 0 aliphatic heterocycles. The molecule has 0 saturated heterocycles. The van der Waals surface area contributed by atoms with Gasteiger partial charge in [0.2, 0.25) is 0 Å². The van der Waals surface area contributed by atoms with Gasteiger partial charge < -0.3 is 5.11 Å². The zero-order valence-electron chi connectivity index (χ0n) is 56.8. The van der Waals surface area contributed by atoms with Crippen molar-refractivity contribution in [3.8, 4) is 0 Å². The minimum Gasteiger partial charge on any atom is -0.396 e. The van der Waals surface area contributed by atoms with E-state index >= 15 is 0 Å². The molecule has 1 unspecified atom stereocenters. The van der Waals surface area contributed by atoms with E-state index in [9.17, 15) is 0 Å². The summed E-state index contributed by atoms with van der Waals surface area (Å²) < 4.78 is 0. The molecule has 1 N–H and O–H groups in total. The molecule has 0 radical (unpaired) electrons. The Hall–Kier alpha value is -3.94. The summed E-state index contributed by atoms with van der Waals surface area (Å²) in [7, 11) is 0. The Bertz CT molecular complexity index is 2170. The molecule has 1 nitrogen and oxygen atoms in total. The van der Waals surface area contributed by atoms with Gasteiger partial charge in [-0.2, -0.15) is 0 Å². The van der Waals surface area contributed by atoms with Crippen LogP contribution >= 0.6 is 0 Å². The van der Waals surface area contributed by atoms with E-state index in [0.717, 1.165) is 103 Å². The zero-order chi connectivity index (χ0) is 60.5. The summed E-state index contributed by atoms with van der Waals surface area (Å²) in [5.74, 6) is 0.612. The lowest BCUT2D eigenvalue weighted by atomic mass is 10.0. The molecule has 0 aromatic rings. The Kier molecular flexibility index (Phi) is 49.2. The highest BCUT2D eigenvalue weighted by molar-refractivity contribution is 5.13. The van der Waals surface area contributed by atoms with E-state index in [4.69, 9.17) is 5.11 Å². The van der Waals surface area contributed by atoms with Crippen LogP contribution in [0, 0.1) is 5.92 Å². The summed E-state index contributed by atoms with van der Waals surface area (Å²) in [4.78, 5) is 0. The predicted molar refractivity (Wildman–Crippen MR) is 371 cm³/mol. The molecule has 1 atom stereocenters. The second kappa shape index (κ2) is 51.7. The van der Waals surface area contributed by atoms with Crippen LogP contribution in [-0.4, -0.2) is 11.7 Å². The molecule has 0 aromatic carbocycles. The molecular formula is C80H132O. The molecule has 0 fully saturated rings. The molecule has 0 aromatic heterocycles. The van der Waals surface area contributed by atoms with E-state index in [0.29, 0.717) is 12.5 Å². The van der Waals surface area contributed by atoms with Gasteiger partial charge in [-0.15, -0.1) is 0 Å². The van der Waals surface area contributed by atoms with Crippen molar-refractivity contribution in [2.24, 2.45) is 5.92 Å². The number of hydrogen-bond acceptors (Lipinski definition) is 1. The van der Waals surface area contributed by atoms with Gasteiger partial charge in [0.1, 0.15) is 0 Å². The molecule has 0 aliphatic rings. The lowest BCUT2D eigenvalue weighted by molar-refractivity contribution is 0.259. The average molecular weight is 1110 g/mol. The lowest BCUT2D eigenvalue weighted by Crippen LogP contribution is -1.97. The minimum atomic E-state index is 0.309. The Morgan fingerprint density at radius 1 is 0.210 bits per heavy atom. The van der Waals surface area contributed by atoms with Gasteiger partial charge in [-0.25, -0.2) is 0 Å². The summed E-state index contributed by atoms with van der Waals surface area (Å²) in [6.07, 6.45) is 72.6. The van der Waals surface area contributed by atoms with Crippen molar-refractivity contribution in [2.45, 2.75) is 317 Å². The molecule has 0 rings (SSSR count). The Morgan fingerprint density at radius 3 is 0.481 bits per heavy atom. The molecule has 0 aliphatic carbocycles. The minimum absolute atomic E-state index is 0.309. The van der Waals surface area contributed by atoms with Crippen LogP contribution < -0.4 is 0 Å². The number of rotatable bonds is 47. The number of hydrogen-bond donors (Lipinski definition) is 1. The van der Waals surface area contributed by atoms with Gasteiger partial charge in [0.05, 0.1) is 0 Å². The van der Waals surface area contributed by atoms with Gasteiger partial charge in [-0.1, -0.05) is 182 Å². The SMILES string of the molecule is CC(C)=CCCC(C)=CCCC(C)=CCCC(C)=CCCC(C)=CCCC(C)=CCCC(C)=CCCC(C)=CCCC(C)=CCCC(C)=CCCC(C)=CCCC(C)=CCCC(C)=CCCC(C)=CCCC(C)=CCCC(C)CCO. The molecule has 0 saturated carbocycles. The number of aliphatic hydroxyl groups is 1. The maximum absolute atomic E-state index is 9.10. The zero-order valence-corrected chi connectivity index (χ0v) is 56.8. The molecular weight excluding hydrogens is 977 g/mol. The third-order valence-corrected chi connectivity index (χ3v) is 16.3. The van der Waals surface area contributed by atoms with Crippen LogP contribution in [0.1, 0.15) is 317 Å². The van der Waals surface area contributed by atoms with Crippen LogP contribution in [-0.2, 0) is 0 Å². The fraction of sp³-hybridized carbons (Fsp3) is 0.625. The first kappa shape index (κ1) is 77.1. The Balaban J connectivity index is 4.32. The quantitative estimate of drug-likeness (QED) is 0.0602. The van der Waals surface area contributed by atoms with Gasteiger partial charge in [0.15, 0.2) is 0 Å². The maximum atomic E-state index is 9.10. The van der Waals surface area contributed by atoms with Gasteiger partial charge in [-0.05, 0) is 316 Å². The molecule has 1 heteroatoms. The highest BCUT2D eigenvalue weighted by Crippen LogP contribution is 2.21. The maximum Gasteiger partial charge on any atom is 0.0433 e. The van der Waals surface area contributed by atoms with Crippen molar-refractivity contribution in [3.63, 3.8) is 0 Å². The lowest BCUT2D eigenvalue weighted by Gasteiger charge is -2.07. The summed E-state index contributed by atoms with van der Waals surface area (Å²) >= 11 is 0. The standard InChI is InChI=1S/C80H132O/c1-65(2)33-18-34-66(3)35-19-36-67(4)37-20-38-68(5)39-21-40-69(6)41-22-42-70(7)43-23-44-71(8)45-24-46-72(9)47-25-48-73(10)49-26-50-74(11)51-27-52-75(12)53-28-54-76(13)55-29-56-77(14)57-30-58-78(15)59-31-60-79(16)61-32-62-80(17)63-64-81/h33,35,37,39,41,43,45,47,49,51,53,55,57,59,61,80-81H,18-32,34,36,38,40,42,44,46,48,50,52,54,56,58,60,62-64H2,1-17H3. The largest absolute Gasteiger partial charge is 0.396 e. The van der Waals surface area contributed by atoms with Crippen LogP contribution in [0.4, 0.5) is 0 Å². The Morgan fingerprint density at radius 2 is 0.346 bits per heavy atom. The molecule has 0 heterocycles. The summed E-state index contributed by atoms with van der Waals surface area (Å²) in [5, 5.41) is 9.10. The third kappa shape index (κ3) is 52.6. The van der Waals surface area contributed by atoms with E-state index in [1.807, 2.05) is 0 Å². The second-order valence-electron chi connectivity index (χ2n) is 25.7. The molecule has 0 spiro atoms. The van der Waals surface area contributed by atoms with Crippen molar-refractivity contribution in [2.75, 3.05) is 6.61 Å². The first-order valence-electron chi connectivity index (χ1n) is 33.1. The van der Waals surface area contributed by atoms with Gasteiger partial charge in [-0.3, -0.25) is 0 Å². The van der Waals surface area contributed by atoms with E-state index in [1.54, 1.807) is 0 Å². The molecule has 81 heavy (non-hydrogen) atoms. The molecule has 0 bridgehead atoms. The van der Waals surface area contributed by atoms with E-state index in [2.05, 4.69) is 209 Å². The van der Waals surface area contributed by atoms with Crippen molar-refractivity contribution < 1.29 is 5.11 Å². The summed E-state index contributed by atoms with van der Waals surface area (Å²) in [6.45, 7) is 39.2. The topological polar surface area (TPSA) is 20.2 Å². The summed E-state index contributed by atoms with van der Waals surface area (Å²) in [5.41, 5.74) is 22.8. The van der Waals surface area contributed by atoms with Crippen LogP contribution in [0.2, 0.25) is 0 Å². The second-order valence-corrected chi connectivity index (χ2v) is 25.7. The van der Waals surface area contributed by atoms with Crippen molar-refractivity contribution >= 4 is 0 Å². The first-order valence-corrected chi connectivity index (χ1v) is 33.1. The predicted octanol–water partition coefficient (Wildman–Crippen LogP) is 26.9. The van der Waals surface area contributed by atoms with E-state index in [1.165, 1.54) is 180 Å². The fourth-order valence-electron chi connectivity index (χ4n) is 10.1.